The molecular weight excluding hydrogens is 290 g/mol. The van der Waals surface area contributed by atoms with Crippen molar-refractivity contribution in [2.24, 2.45) is 0 Å². The fourth-order valence-corrected chi connectivity index (χ4v) is 3.52. The number of nitrogens with zero attached hydrogens (tertiary/aromatic N) is 2. The second-order valence-corrected chi connectivity index (χ2v) is 6.35. The van der Waals surface area contributed by atoms with Crippen LogP contribution in [0.2, 0.25) is 0 Å². The van der Waals surface area contributed by atoms with E-state index in [1.807, 2.05) is 0 Å². The first-order valence-electron chi connectivity index (χ1n) is 7.08. The lowest BCUT2D eigenvalue weighted by Crippen LogP contribution is -2.36. The van der Waals surface area contributed by atoms with Gasteiger partial charge in [0, 0.05) is 19.0 Å². The Morgan fingerprint density at radius 1 is 1.52 bits per heavy atom. The standard InChI is InChI=1S/C14H21N3O3S/c1-5-20-13(19)9-6-7-10-11(9)16-14(21-10)15-8(2)12(18)17(3)4/h8-9H,5-7H2,1-4H3,(H,15,16). The van der Waals surface area contributed by atoms with E-state index in [1.54, 1.807) is 32.8 Å². The molecule has 2 rings (SSSR count). The maximum absolute atomic E-state index is 11.9. The minimum absolute atomic E-state index is 0.00713. The monoisotopic (exact) mass is 311 g/mol. The summed E-state index contributed by atoms with van der Waals surface area (Å²) in [6.07, 6.45) is 1.60. The third-order valence-electron chi connectivity index (χ3n) is 3.44. The number of hydrogen-bond acceptors (Lipinski definition) is 6. The van der Waals surface area contributed by atoms with Crippen molar-refractivity contribution in [2.45, 2.75) is 38.6 Å². The summed E-state index contributed by atoms with van der Waals surface area (Å²) in [6, 6.07) is -0.340. The molecule has 0 spiro atoms. The van der Waals surface area contributed by atoms with E-state index in [4.69, 9.17) is 4.74 Å². The molecule has 1 aliphatic rings. The molecule has 0 saturated heterocycles. The number of likely N-dealkylation sites (N-methyl/N-ethyl adjacent to an activating group) is 1. The minimum Gasteiger partial charge on any atom is -0.465 e. The van der Waals surface area contributed by atoms with Crippen molar-refractivity contribution in [2.75, 3.05) is 26.0 Å². The molecule has 0 saturated carbocycles. The van der Waals surface area contributed by atoms with Crippen LogP contribution in [0.1, 0.15) is 36.8 Å². The molecule has 2 unspecified atom stereocenters. The fourth-order valence-electron chi connectivity index (χ4n) is 2.40. The highest BCUT2D eigenvalue weighted by atomic mass is 32.1. The van der Waals surface area contributed by atoms with Crippen molar-refractivity contribution in [3.63, 3.8) is 0 Å². The Kier molecular flexibility index (Phi) is 4.82. The normalized spacial score (nSPS) is 18.0. The van der Waals surface area contributed by atoms with Crippen LogP contribution in [0.5, 0.6) is 0 Å². The summed E-state index contributed by atoms with van der Waals surface area (Å²) in [7, 11) is 3.44. The third-order valence-corrected chi connectivity index (χ3v) is 4.50. The van der Waals surface area contributed by atoms with Crippen molar-refractivity contribution >= 4 is 28.3 Å². The Bertz CT molecular complexity index is 542. The molecule has 0 fully saturated rings. The average Bonchev–Trinajstić information content (AvgIpc) is 2.97. The first-order valence-corrected chi connectivity index (χ1v) is 7.89. The van der Waals surface area contributed by atoms with E-state index in [-0.39, 0.29) is 23.8 Å². The zero-order valence-corrected chi connectivity index (χ0v) is 13.6. The van der Waals surface area contributed by atoms with Crippen LogP contribution in [0.3, 0.4) is 0 Å². The minimum atomic E-state index is -0.340. The van der Waals surface area contributed by atoms with Gasteiger partial charge in [-0.25, -0.2) is 4.98 Å². The summed E-state index contributed by atoms with van der Waals surface area (Å²) >= 11 is 1.52. The maximum atomic E-state index is 11.9. The second-order valence-electron chi connectivity index (χ2n) is 5.27. The number of fused-ring (bicyclic) bond motifs is 1. The van der Waals surface area contributed by atoms with Crippen LogP contribution in [0.25, 0.3) is 0 Å². The Balaban J connectivity index is 2.08. The van der Waals surface area contributed by atoms with E-state index < -0.39 is 0 Å². The van der Waals surface area contributed by atoms with E-state index >= 15 is 0 Å². The van der Waals surface area contributed by atoms with Crippen molar-refractivity contribution in [1.82, 2.24) is 9.88 Å². The van der Waals surface area contributed by atoms with Crippen molar-refractivity contribution in [3.8, 4) is 0 Å². The van der Waals surface area contributed by atoms with Gasteiger partial charge in [0.1, 0.15) is 12.0 Å². The van der Waals surface area contributed by atoms with Gasteiger partial charge in [-0.05, 0) is 26.7 Å². The number of thiazole rings is 1. The van der Waals surface area contributed by atoms with Gasteiger partial charge >= 0.3 is 5.97 Å². The molecule has 2 atom stereocenters. The number of carbonyl (C=O) groups excluding carboxylic acids is 2. The van der Waals surface area contributed by atoms with Crippen LogP contribution in [0.15, 0.2) is 0 Å². The predicted octanol–water partition coefficient (Wildman–Crippen LogP) is 1.62. The smallest absolute Gasteiger partial charge is 0.315 e. The molecule has 6 nitrogen and oxygen atoms in total. The number of rotatable bonds is 5. The first-order chi connectivity index (χ1) is 9.93. The lowest BCUT2D eigenvalue weighted by Gasteiger charge is -2.17. The van der Waals surface area contributed by atoms with E-state index in [0.29, 0.717) is 11.7 Å². The molecule has 0 radical (unpaired) electrons. The van der Waals surface area contributed by atoms with Crippen LogP contribution < -0.4 is 5.32 Å². The zero-order valence-electron chi connectivity index (χ0n) is 12.8. The highest BCUT2D eigenvalue weighted by Gasteiger charge is 2.34. The number of esters is 1. The lowest BCUT2D eigenvalue weighted by molar-refractivity contribution is -0.145. The van der Waals surface area contributed by atoms with Gasteiger partial charge in [-0.2, -0.15) is 0 Å². The summed E-state index contributed by atoms with van der Waals surface area (Å²) in [5.74, 6) is -0.468. The molecule has 1 aromatic heterocycles. The number of hydrogen-bond donors (Lipinski definition) is 1. The number of aromatic nitrogens is 1. The Morgan fingerprint density at radius 3 is 2.86 bits per heavy atom. The van der Waals surface area contributed by atoms with E-state index in [1.165, 1.54) is 11.3 Å². The summed E-state index contributed by atoms with van der Waals surface area (Å²) in [5, 5.41) is 3.80. The maximum Gasteiger partial charge on any atom is 0.315 e. The quantitative estimate of drug-likeness (QED) is 0.837. The molecule has 1 aliphatic carbocycles. The predicted molar refractivity (Wildman–Crippen MR) is 81.6 cm³/mol. The largest absolute Gasteiger partial charge is 0.465 e. The number of amides is 1. The Hall–Kier alpha value is -1.63. The molecule has 21 heavy (non-hydrogen) atoms. The highest BCUT2D eigenvalue weighted by molar-refractivity contribution is 7.15. The highest BCUT2D eigenvalue weighted by Crippen LogP contribution is 2.39. The van der Waals surface area contributed by atoms with Crippen molar-refractivity contribution in [1.29, 1.82) is 0 Å². The SMILES string of the molecule is CCOC(=O)C1CCc2sc(NC(C)C(=O)N(C)C)nc21. The number of carbonyl (C=O) groups is 2. The van der Waals surface area contributed by atoms with Gasteiger partial charge in [-0.15, -0.1) is 11.3 Å². The second kappa shape index (κ2) is 6.43. The van der Waals surface area contributed by atoms with Gasteiger partial charge in [0.2, 0.25) is 5.91 Å². The first kappa shape index (κ1) is 15.8. The van der Waals surface area contributed by atoms with Gasteiger partial charge in [0.15, 0.2) is 5.13 Å². The third kappa shape index (κ3) is 3.34. The van der Waals surface area contributed by atoms with Crippen LogP contribution >= 0.6 is 11.3 Å². The molecule has 7 heteroatoms. The van der Waals surface area contributed by atoms with Crippen molar-refractivity contribution < 1.29 is 14.3 Å². The molecule has 116 valence electrons. The van der Waals surface area contributed by atoms with E-state index in [2.05, 4.69) is 10.3 Å². The Labute approximate surface area is 128 Å². The van der Waals surface area contributed by atoms with Crippen LogP contribution in [0, 0.1) is 0 Å². The zero-order chi connectivity index (χ0) is 15.6. The van der Waals surface area contributed by atoms with Gasteiger partial charge in [0.05, 0.1) is 12.3 Å². The lowest BCUT2D eigenvalue weighted by atomic mass is 10.1. The van der Waals surface area contributed by atoms with Gasteiger partial charge in [-0.3, -0.25) is 9.59 Å². The van der Waals surface area contributed by atoms with Crippen LogP contribution in [-0.2, 0) is 20.7 Å². The van der Waals surface area contributed by atoms with Crippen molar-refractivity contribution in [3.05, 3.63) is 10.6 Å². The van der Waals surface area contributed by atoms with Gasteiger partial charge < -0.3 is 15.0 Å². The average molecular weight is 311 g/mol. The summed E-state index contributed by atoms with van der Waals surface area (Å²) in [4.78, 5) is 30.9. The summed E-state index contributed by atoms with van der Waals surface area (Å²) < 4.78 is 5.09. The molecule has 0 aromatic carbocycles. The molecule has 0 aliphatic heterocycles. The molecule has 1 N–H and O–H groups in total. The molecule has 1 amide bonds. The van der Waals surface area contributed by atoms with E-state index in [9.17, 15) is 9.59 Å². The fraction of sp³-hybridized carbons (Fsp3) is 0.643. The number of anilines is 1. The van der Waals surface area contributed by atoms with Crippen LogP contribution in [0.4, 0.5) is 5.13 Å². The van der Waals surface area contributed by atoms with Gasteiger partial charge in [-0.1, -0.05) is 0 Å². The number of ether oxygens (including phenoxy) is 1. The molecule has 1 aromatic rings. The summed E-state index contributed by atoms with van der Waals surface area (Å²) in [5.41, 5.74) is 0.811. The molecular formula is C14H21N3O3S. The molecule has 0 bridgehead atoms. The van der Waals surface area contributed by atoms with Gasteiger partial charge in [0.25, 0.3) is 0 Å². The topological polar surface area (TPSA) is 71.5 Å². The Morgan fingerprint density at radius 2 is 2.24 bits per heavy atom. The molecule has 1 heterocycles. The van der Waals surface area contributed by atoms with E-state index in [0.717, 1.165) is 23.4 Å². The number of nitrogens with one attached hydrogen (secondary N) is 1. The van der Waals surface area contributed by atoms with Crippen LogP contribution in [-0.4, -0.2) is 48.5 Å². The summed E-state index contributed by atoms with van der Waals surface area (Å²) in [6.45, 7) is 3.99. The number of aryl methyl sites for hydroxylation is 1.